The smallest absolute Gasteiger partial charge is 0.194 e. The first kappa shape index (κ1) is 22.2. The average Bonchev–Trinajstić information content (AvgIpc) is 3.29. The molecule has 1 unspecified atom stereocenters. The van der Waals surface area contributed by atoms with E-state index in [1.165, 1.54) is 16.0 Å². The molecule has 3 rings (SSSR count). The van der Waals surface area contributed by atoms with Gasteiger partial charge in [-0.25, -0.2) is 4.99 Å². The number of likely N-dealkylation sites (tertiary alicyclic amines) is 1. The fourth-order valence-corrected chi connectivity index (χ4v) is 4.05. The molecule has 1 fully saturated rings. The van der Waals surface area contributed by atoms with Gasteiger partial charge in [-0.15, -0.1) is 35.3 Å². The summed E-state index contributed by atoms with van der Waals surface area (Å²) in [6.45, 7) is 9.52. The summed E-state index contributed by atoms with van der Waals surface area (Å²) in [6, 6.07) is 12.6. The third-order valence-electron chi connectivity index (χ3n) is 4.73. The number of nitrogens with one attached hydrogen (secondary N) is 1. The molecule has 0 saturated carbocycles. The van der Waals surface area contributed by atoms with E-state index in [0.717, 1.165) is 45.2 Å². The molecule has 6 heteroatoms. The van der Waals surface area contributed by atoms with Gasteiger partial charge in [-0.1, -0.05) is 30.3 Å². The highest BCUT2D eigenvalue weighted by molar-refractivity contribution is 14.0. The van der Waals surface area contributed by atoms with Crippen molar-refractivity contribution < 1.29 is 4.74 Å². The first-order valence-electron chi connectivity index (χ1n) is 9.44. The zero-order valence-corrected chi connectivity index (χ0v) is 19.3. The minimum Gasteiger partial charge on any atom is -0.376 e. The van der Waals surface area contributed by atoms with Gasteiger partial charge in [0, 0.05) is 30.4 Å². The van der Waals surface area contributed by atoms with Crippen LogP contribution in [0.1, 0.15) is 29.3 Å². The highest BCUT2D eigenvalue weighted by Gasteiger charge is 2.25. The predicted octanol–water partition coefficient (Wildman–Crippen LogP) is 4.68. The highest BCUT2D eigenvalue weighted by Crippen LogP contribution is 2.19. The van der Waals surface area contributed by atoms with Crippen LogP contribution in [-0.2, 0) is 17.9 Å². The Bertz CT molecular complexity index is 704. The van der Waals surface area contributed by atoms with Gasteiger partial charge in [0.1, 0.15) is 0 Å². The number of benzene rings is 1. The molecule has 1 aromatic carbocycles. The van der Waals surface area contributed by atoms with Gasteiger partial charge in [0.05, 0.1) is 19.8 Å². The molecule has 0 amide bonds. The summed E-state index contributed by atoms with van der Waals surface area (Å²) >= 11 is 1.79. The molecule has 1 N–H and O–H groups in total. The lowest BCUT2D eigenvalue weighted by Gasteiger charge is -2.21. The number of hydrogen-bond acceptors (Lipinski definition) is 3. The van der Waals surface area contributed by atoms with Crippen LogP contribution in [-0.4, -0.2) is 37.1 Å². The summed E-state index contributed by atoms with van der Waals surface area (Å²) in [5.41, 5.74) is 2.58. The van der Waals surface area contributed by atoms with Gasteiger partial charge < -0.3 is 15.0 Å². The maximum Gasteiger partial charge on any atom is 0.194 e. The fourth-order valence-electron chi connectivity index (χ4n) is 3.22. The van der Waals surface area contributed by atoms with Crippen LogP contribution in [0.15, 0.2) is 46.8 Å². The average molecular weight is 499 g/mol. The van der Waals surface area contributed by atoms with Crippen LogP contribution in [0.4, 0.5) is 0 Å². The van der Waals surface area contributed by atoms with E-state index in [1.807, 2.05) is 6.07 Å². The second-order valence-electron chi connectivity index (χ2n) is 6.80. The van der Waals surface area contributed by atoms with E-state index < -0.39 is 0 Å². The van der Waals surface area contributed by atoms with E-state index in [2.05, 4.69) is 59.8 Å². The SMILES string of the molecule is CCNC(=NCc1sccc1C)N1CCC(COCc2ccccc2)C1.I. The molecule has 4 nitrogen and oxygen atoms in total. The molecule has 1 aliphatic heterocycles. The number of nitrogens with zero attached hydrogens (tertiary/aromatic N) is 2. The predicted molar refractivity (Wildman–Crippen MR) is 125 cm³/mol. The Morgan fingerprint density at radius 1 is 1.30 bits per heavy atom. The van der Waals surface area contributed by atoms with Crippen LogP contribution >= 0.6 is 35.3 Å². The van der Waals surface area contributed by atoms with E-state index in [1.54, 1.807) is 11.3 Å². The topological polar surface area (TPSA) is 36.9 Å². The number of rotatable bonds is 7. The Morgan fingerprint density at radius 2 is 2.11 bits per heavy atom. The van der Waals surface area contributed by atoms with Crippen LogP contribution in [0.5, 0.6) is 0 Å². The summed E-state index contributed by atoms with van der Waals surface area (Å²) in [7, 11) is 0. The van der Waals surface area contributed by atoms with Gasteiger partial charge in [-0.2, -0.15) is 0 Å². The van der Waals surface area contributed by atoms with Crippen LogP contribution < -0.4 is 5.32 Å². The van der Waals surface area contributed by atoms with Gasteiger partial charge >= 0.3 is 0 Å². The van der Waals surface area contributed by atoms with Crippen LogP contribution in [0, 0.1) is 12.8 Å². The zero-order valence-electron chi connectivity index (χ0n) is 16.2. The summed E-state index contributed by atoms with van der Waals surface area (Å²) in [5, 5.41) is 5.59. The standard InChI is InChI=1S/C21H29N3OS.HI/c1-3-22-21(23-13-20-17(2)10-12-26-20)24-11-9-19(14-24)16-25-15-18-7-5-4-6-8-18;/h4-8,10,12,19H,3,9,11,13-16H2,1-2H3,(H,22,23);1H. The summed E-state index contributed by atoms with van der Waals surface area (Å²) in [4.78, 5) is 8.59. The van der Waals surface area contributed by atoms with Gasteiger partial charge in [-0.3, -0.25) is 0 Å². The molecule has 1 saturated heterocycles. The summed E-state index contributed by atoms with van der Waals surface area (Å²) < 4.78 is 5.94. The lowest BCUT2D eigenvalue weighted by atomic mass is 10.1. The highest BCUT2D eigenvalue weighted by atomic mass is 127. The molecule has 1 aromatic heterocycles. The Kier molecular flexibility index (Phi) is 9.58. The quantitative estimate of drug-likeness (QED) is 0.342. The van der Waals surface area contributed by atoms with Crippen molar-refractivity contribution in [2.75, 3.05) is 26.2 Å². The Morgan fingerprint density at radius 3 is 2.81 bits per heavy atom. The molecule has 2 aromatic rings. The van der Waals surface area contributed by atoms with Crippen LogP contribution in [0.2, 0.25) is 0 Å². The summed E-state index contributed by atoms with van der Waals surface area (Å²) in [6.07, 6.45) is 1.16. The van der Waals surface area contributed by atoms with Crippen molar-refractivity contribution in [2.24, 2.45) is 10.9 Å². The molecule has 2 heterocycles. The molecular formula is C21H30IN3OS. The van der Waals surface area contributed by atoms with E-state index >= 15 is 0 Å². The maximum absolute atomic E-state index is 5.94. The molecule has 148 valence electrons. The van der Waals surface area contributed by atoms with E-state index in [-0.39, 0.29) is 24.0 Å². The number of hydrogen-bond donors (Lipinski definition) is 1. The first-order valence-corrected chi connectivity index (χ1v) is 10.3. The molecule has 0 radical (unpaired) electrons. The molecular weight excluding hydrogens is 469 g/mol. The Labute approximate surface area is 184 Å². The van der Waals surface area contributed by atoms with Crippen molar-refractivity contribution in [3.63, 3.8) is 0 Å². The largest absolute Gasteiger partial charge is 0.376 e. The monoisotopic (exact) mass is 499 g/mol. The molecule has 27 heavy (non-hydrogen) atoms. The van der Waals surface area contributed by atoms with Crippen molar-refractivity contribution in [3.8, 4) is 0 Å². The lowest BCUT2D eigenvalue weighted by molar-refractivity contribution is 0.0906. The van der Waals surface area contributed by atoms with Crippen molar-refractivity contribution in [1.29, 1.82) is 0 Å². The van der Waals surface area contributed by atoms with E-state index in [0.29, 0.717) is 12.5 Å². The lowest BCUT2D eigenvalue weighted by Crippen LogP contribution is -2.40. The number of guanidine groups is 1. The second-order valence-corrected chi connectivity index (χ2v) is 7.80. The maximum atomic E-state index is 5.94. The first-order chi connectivity index (χ1) is 12.8. The Balaban J connectivity index is 0.00000261. The third kappa shape index (κ3) is 6.76. The normalized spacial score (nSPS) is 17.0. The van der Waals surface area contributed by atoms with Gasteiger partial charge in [0.15, 0.2) is 5.96 Å². The van der Waals surface area contributed by atoms with Crippen molar-refractivity contribution >= 4 is 41.3 Å². The minimum atomic E-state index is 0. The summed E-state index contributed by atoms with van der Waals surface area (Å²) in [5.74, 6) is 1.61. The van der Waals surface area contributed by atoms with Crippen molar-refractivity contribution in [3.05, 3.63) is 57.8 Å². The number of thiophene rings is 1. The van der Waals surface area contributed by atoms with Gasteiger partial charge in [-0.05, 0) is 42.8 Å². The van der Waals surface area contributed by atoms with Gasteiger partial charge in [0.25, 0.3) is 0 Å². The van der Waals surface area contributed by atoms with Crippen LogP contribution in [0.3, 0.4) is 0 Å². The second kappa shape index (κ2) is 11.7. The molecule has 1 aliphatic rings. The molecule has 0 aliphatic carbocycles. The molecule has 1 atom stereocenters. The van der Waals surface area contributed by atoms with E-state index in [4.69, 9.17) is 9.73 Å². The zero-order chi connectivity index (χ0) is 18.2. The van der Waals surface area contributed by atoms with Gasteiger partial charge in [0.2, 0.25) is 0 Å². The number of aliphatic imine (C=N–C) groups is 1. The van der Waals surface area contributed by atoms with Crippen molar-refractivity contribution in [1.82, 2.24) is 10.2 Å². The van der Waals surface area contributed by atoms with Crippen molar-refractivity contribution in [2.45, 2.75) is 33.4 Å². The fraction of sp³-hybridized carbons (Fsp3) is 0.476. The molecule has 0 spiro atoms. The number of ether oxygens (including phenoxy) is 1. The Hall–Kier alpha value is -1.12. The van der Waals surface area contributed by atoms with E-state index in [9.17, 15) is 0 Å². The number of aryl methyl sites for hydroxylation is 1. The third-order valence-corrected chi connectivity index (χ3v) is 5.73. The number of halogens is 1. The molecule has 0 bridgehead atoms. The minimum absolute atomic E-state index is 0. The van der Waals surface area contributed by atoms with Crippen LogP contribution in [0.25, 0.3) is 0 Å².